The molecule has 2 unspecified atom stereocenters. The topological polar surface area (TPSA) is 62.2 Å². The second-order valence-corrected chi connectivity index (χ2v) is 5.09. The zero-order chi connectivity index (χ0) is 12.3. The van der Waals surface area contributed by atoms with Crippen molar-refractivity contribution in [1.82, 2.24) is 10.3 Å². The van der Waals surface area contributed by atoms with Gasteiger partial charge in [0.05, 0.1) is 12.1 Å². The first-order valence-corrected chi connectivity index (χ1v) is 6.57. The van der Waals surface area contributed by atoms with Gasteiger partial charge in [-0.15, -0.1) is 0 Å². The van der Waals surface area contributed by atoms with Crippen LogP contribution in [0.2, 0.25) is 0 Å². The molecule has 1 aromatic heterocycles. The third kappa shape index (κ3) is 3.26. The number of pyridine rings is 1. The zero-order valence-electron chi connectivity index (χ0n) is 9.40. The van der Waals surface area contributed by atoms with Crippen LogP contribution in [-0.2, 0) is 0 Å². The first kappa shape index (κ1) is 12.5. The molecule has 4 nitrogen and oxygen atoms in total. The number of hydrogen-bond donors (Lipinski definition) is 2. The summed E-state index contributed by atoms with van der Waals surface area (Å²) in [6.07, 6.45) is 3.24. The van der Waals surface area contributed by atoms with Gasteiger partial charge < -0.3 is 10.4 Å². The molecule has 1 saturated carbocycles. The molecule has 5 heteroatoms. The lowest BCUT2D eigenvalue weighted by Gasteiger charge is -2.28. The van der Waals surface area contributed by atoms with Crippen molar-refractivity contribution < 1.29 is 9.90 Å². The van der Waals surface area contributed by atoms with Gasteiger partial charge in [0.15, 0.2) is 0 Å². The van der Waals surface area contributed by atoms with Crippen molar-refractivity contribution in [1.29, 1.82) is 0 Å². The summed E-state index contributed by atoms with van der Waals surface area (Å²) in [5.41, 5.74) is 0.372. The van der Waals surface area contributed by atoms with E-state index in [9.17, 15) is 9.90 Å². The molecule has 1 amide bonds. The quantitative estimate of drug-likeness (QED) is 0.820. The van der Waals surface area contributed by atoms with Gasteiger partial charge in [0.2, 0.25) is 0 Å². The number of carbonyl (C=O) groups excluding carboxylic acids is 1. The Kier molecular flexibility index (Phi) is 4.12. The Labute approximate surface area is 109 Å². The van der Waals surface area contributed by atoms with Crippen molar-refractivity contribution in [2.45, 2.75) is 37.8 Å². The van der Waals surface area contributed by atoms with Gasteiger partial charge in [0.1, 0.15) is 10.3 Å². The van der Waals surface area contributed by atoms with Crippen LogP contribution in [-0.4, -0.2) is 28.1 Å². The summed E-state index contributed by atoms with van der Waals surface area (Å²) < 4.78 is 0.634. The lowest BCUT2D eigenvalue weighted by atomic mass is 9.92. The summed E-state index contributed by atoms with van der Waals surface area (Å²) in [4.78, 5) is 16.0. The highest BCUT2D eigenvalue weighted by atomic mass is 79.9. The second kappa shape index (κ2) is 5.60. The maximum Gasteiger partial charge on any atom is 0.270 e. The molecule has 0 radical (unpaired) electrons. The lowest BCUT2D eigenvalue weighted by molar-refractivity contribution is 0.0713. The normalized spacial score (nSPS) is 24.4. The fraction of sp³-hybridized carbons (Fsp3) is 0.500. The van der Waals surface area contributed by atoms with Crippen molar-refractivity contribution in [3.8, 4) is 0 Å². The summed E-state index contributed by atoms with van der Waals surface area (Å²) in [6.45, 7) is 0. The van der Waals surface area contributed by atoms with Crippen LogP contribution >= 0.6 is 15.9 Å². The third-order valence-corrected chi connectivity index (χ3v) is 3.44. The molecular formula is C12H15BrN2O2. The summed E-state index contributed by atoms with van der Waals surface area (Å²) in [5, 5.41) is 12.6. The predicted molar refractivity (Wildman–Crippen MR) is 67.7 cm³/mol. The minimum Gasteiger partial charge on any atom is -0.391 e. The average Bonchev–Trinajstić information content (AvgIpc) is 2.32. The smallest absolute Gasteiger partial charge is 0.270 e. The molecule has 2 atom stereocenters. The Balaban J connectivity index is 2.01. The Bertz CT molecular complexity index is 411. The van der Waals surface area contributed by atoms with Crippen LogP contribution in [0.25, 0.3) is 0 Å². The van der Waals surface area contributed by atoms with Gasteiger partial charge >= 0.3 is 0 Å². The Morgan fingerprint density at radius 2 is 2.18 bits per heavy atom. The number of nitrogens with one attached hydrogen (secondary N) is 1. The Hall–Kier alpha value is -0.940. The summed E-state index contributed by atoms with van der Waals surface area (Å²) in [5.74, 6) is -0.225. The molecule has 0 aliphatic heterocycles. The van der Waals surface area contributed by atoms with E-state index in [0.29, 0.717) is 10.3 Å². The van der Waals surface area contributed by atoms with E-state index in [2.05, 4.69) is 26.2 Å². The molecule has 1 aromatic rings. The van der Waals surface area contributed by atoms with Crippen LogP contribution in [0.1, 0.15) is 36.2 Å². The van der Waals surface area contributed by atoms with E-state index in [1.807, 2.05) is 0 Å². The number of aliphatic hydroxyl groups excluding tert-OH is 1. The van der Waals surface area contributed by atoms with E-state index in [-0.39, 0.29) is 11.9 Å². The van der Waals surface area contributed by atoms with Crippen molar-refractivity contribution in [2.75, 3.05) is 0 Å². The number of aliphatic hydroxyl groups is 1. The van der Waals surface area contributed by atoms with Gasteiger partial charge in [-0.3, -0.25) is 4.79 Å². The molecule has 0 bridgehead atoms. The number of halogens is 1. The van der Waals surface area contributed by atoms with Gasteiger partial charge in [-0.2, -0.15) is 0 Å². The molecule has 0 aromatic carbocycles. The highest BCUT2D eigenvalue weighted by Crippen LogP contribution is 2.18. The molecule has 2 N–H and O–H groups in total. The van der Waals surface area contributed by atoms with Gasteiger partial charge in [-0.25, -0.2) is 4.98 Å². The van der Waals surface area contributed by atoms with E-state index in [4.69, 9.17) is 0 Å². The summed E-state index contributed by atoms with van der Waals surface area (Å²) >= 11 is 3.23. The molecule has 1 heterocycles. The highest BCUT2D eigenvalue weighted by Gasteiger charge is 2.25. The third-order valence-electron chi connectivity index (χ3n) is 2.99. The Morgan fingerprint density at radius 1 is 1.41 bits per heavy atom. The molecule has 17 heavy (non-hydrogen) atoms. The highest BCUT2D eigenvalue weighted by molar-refractivity contribution is 9.10. The number of hydrogen-bond acceptors (Lipinski definition) is 3. The fourth-order valence-electron chi connectivity index (χ4n) is 2.06. The van der Waals surface area contributed by atoms with Crippen LogP contribution in [0.5, 0.6) is 0 Å². The van der Waals surface area contributed by atoms with Crippen LogP contribution in [0.3, 0.4) is 0 Å². The summed E-state index contributed by atoms with van der Waals surface area (Å²) in [6, 6.07) is 5.06. The number of nitrogens with zero attached hydrogens (tertiary/aromatic N) is 1. The number of aromatic nitrogens is 1. The second-order valence-electron chi connectivity index (χ2n) is 4.28. The SMILES string of the molecule is O=C(NC1CCCCC1O)c1cccc(Br)n1. The van der Waals surface area contributed by atoms with Gasteiger partial charge in [0, 0.05) is 0 Å². The van der Waals surface area contributed by atoms with Crippen molar-refractivity contribution >= 4 is 21.8 Å². The van der Waals surface area contributed by atoms with Crippen molar-refractivity contribution in [3.63, 3.8) is 0 Å². The number of carbonyl (C=O) groups is 1. The maximum absolute atomic E-state index is 11.9. The number of rotatable bonds is 2. The number of amides is 1. The van der Waals surface area contributed by atoms with Gasteiger partial charge in [0.25, 0.3) is 5.91 Å². The van der Waals surface area contributed by atoms with Crippen molar-refractivity contribution in [3.05, 3.63) is 28.5 Å². The first-order chi connectivity index (χ1) is 8.16. The molecule has 1 fully saturated rings. The van der Waals surface area contributed by atoms with Crippen LogP contribution in [0.15, 0.2) is 22.8 Å². The fourth-order valence-corrected chi connectivity index (χ4v) is 2.40. The molecule has 92 valence electrons. The van der Waals surface area contributed by atoms with Crippen LogP contribution < -0.4 is 5.32 Å². The van der Waals surface area contributed by atoms with Gasteiger partial charge in [-0.1, -0.05) is 18.9 Å². The molecular weight excluding hydrogens is 284 g/mol. The molecule has 0 saturated heterocycles. The molecule has 2 rings (SSSR count). The monoisotopic (exact) mass is 298 g/mol. The molecule has 1 aliphatic carbocycles. The van der Waals surface area contributed by atoms with Gasteiger partial charge in [-0.05, 0) is 40.9 Å². The van der Waals surface area contributed by atoms with E-state index in [0.717, 1.165) is 25.7 Å². The zero-order valence-corrected chi connectivity index (χ0v) is 11.0. The van der Waals surface area contributed by atoms with Crippen molar-refractivity contribution in [2.24, 2.45) is 0 Å². The molecule has 0 spiro atoms. The largest absolute Gasteiger partial charge is 0.391 e. The minimum atomic E-state index is -0.431. The maximum atomic E-state index is 11.9. The van der Waals surface area contributed by atoms with E-state index in [1.165, 1.54) is 0 Å². The van der Waals surface area contributed by atoms with E-state index >= 15 is 0 Å². The van der Waals surface area contributed by atoms with Crippen LogP contribution in [0.4, 0.5) is 0 Å². The Morgan fingerprint density at radius 3 is 2.88 bits per heavy atom. The van der Waals surface area contributed by atoms with E-state index < -0.39 is 6.10 Å². The molecule has 1 aliphatic rings. The minimum absolute atomic E-state index is 0.142. The summed E-state index contributed by atoms with van der Waals surface area (Å²) in [7, 11) is 0. The average molecular weight is 299 g/mol. The lowest BCUT2D eigenvalue weighted by Crippen LogP contribution is -2.45. The predicted octanol–water partition coefficient (Wildman–Crippen LogP) is 1.88. The first-order valence-electron chi connectivity index (χ1n) is 5.78. The van der Waals surface area contributed by atoms with E-state index in [1.54, 1.807) is 18.2 Å². The standard InChI is InChI=1S/C12H15BrN2O2/c13-11-7-3-5-9(14-11)12(17)15-8-4-1-2-6-10(8)16/h3,5,7-8,10,16H,1-2,4,6H2,(H,15,17). The van der Waals surface area contributed by atoms with Crippen LogP contribution in [0, 0.1) is 0 Å².